The zero-order chi connectivity index (χ0) is 14.6. The van der Waals surface area contributed by atoms with Crippen molar-refractivity contribution < 1.29 is 24.6 Å². The smallest absolute Gasteiger partial charge is 0.326 e. The van der Waals surface area contributed by atoms with Crippen LogP contribution < -0.4 is 5.32 Å². The van der Waals surface area contributed by atoms with Gasteiger partial charge in [-0.05, 0) is 0 Å². The van der Waals surface area contributed by atoms with Crippen LogP contribution in [0.15, 0.2) is 0 Å². The summed E-state index contributed by atoms with van der Waals surface area (Å²) in [7, 11) is 3.23. The van der Waals surface area contributed by atoms with Gasteiger partial charge in [-0.3, -0.25) is 4.79 Å². The highest BCUT2D eigenvalue weighted by Crippen LogP contribution is 2.17. The van der Waals surface area contributed by atoms with Crippen molar-refractivity contribution in [3.05, 3.63) is 0 Å². The number of hydrogen-bond acceptors (Lipinski definition) is 4. The van der Waals surface area contributed by atoms with Gasteiger partial charge in [-0.15, -0.1) is 0 Å². The Hall–Kier alpha value is -1.83. The summed E-state index contributed by atoms with van der Waals surface area (Å²) >= 11 is 0. The number of nitrogens with one attached hydrogen (secondary N) is 1. The number of carbonyl (C=O) groups excluding carboxylic acids is 2. The van der Waals surface area contributed by atoms with Crippen LogP contribution in [0.1, 0.15) is 12.8 Å². The van der Waals surface area contributed by atoms with Crippen LogP contribution in [-0.2, 0) is 9.59 Å². The van der Waals surface area contributed by atoms with E-state index in [0.29, 0.717) is 0 Å². The molecule has 1 aliphatic heterocycles. The zero-order valence-electron chi connectivity index (χ0n) is 11.0. The average Bonchev–Trinajstić information content (AvgIpc) is 2.71. The van der Waals surface area contributed by atoms with Crippen LogP contribution in [0.3, 0.4) is 0 Å². The number of urea groups is 1. The lowest BCUT2D eigenvalue weighted by molar-refractivity contribution is -0.141. The molecular weight excluding hydrogens is 254 g/mol. The number of carboxylic acid groups (broad SMARTS) is 1. The Morgan fingerprint density at radius 3 is 2.53 bits per heavy atom. The summed E-state index contributed by atoms with van der Waals surface area (Å²) in [4.78, 5) is 36.5. The van der Waals surface area contributed by atoms with Gasteiger partial charge in [0.1, 0.15) is 6.04 Å². The third kappa shape index (κ3) is 4.09. The van der Waals surface area contributed by atoms with Gasteiger partial charge in [0.25, 0.3) is 0 Å². The van der Waals surface area contributed by atoms with Crippen LogP contribution in [0.4, 0.5) is 4.79 Å². The Morgan fingerprint density at radius 2 is 2.00 bits per heavy atom. The van der Waals surface area contributed by atoms with E-state index in [4.69, 9.17) is 5.11 Å². The summed E-state index contributed by atoms with van der Waals surface area (Å²) < 4.78 is 0. The van der Waals surface area contributed by atoms with E-state index in [1.807, 2.05) is 0 Å². The highest BCUT2D eigenvalue weighted by molar-refractivity contribution is 5.84. The number of hydrogen-bond donors (Lipinski definition) is 3. The van der Waals surface area contributed by atoms with Crippen molar-refractivity contribution in [3.63, 3.8) is 0 Å². The van der Waals surface area contributed by atoms with E-state index >= 15 is 0 Å². The van der Waals surface area contributed by atoms with Gasteiger partial charge in [0, 0.05) is 40.0 Å². The number of rotatable bonds is 4. The molecule has 1 rings (SSSR count). The number of nitrogens with zero attached hydrogens (tertiary/aromatic N) is 2. The monoisotopic (exact) mass is 273 g/mol. The Kier molecular flexibility index (Phi) is 5.11. The number of aliphatic hydroxyl groups is 1. The highest BCUT2D eigenvalue weighted by atomic mass is 16.4. The highest BCUT2D eigenvalue weighted by Gasteiger charge is 2.38. The average molecular weight is 273 g/mol. The molecule has 0 aromatic heterocycles. The Bertz CT molecular complexity index is 371. The molecule has 19 heavy (non-hydrogen) atoms. The molecule has 108 valence electrons. The summed E-state index contributed by atoms with van der Waals surface area (Å²) in [5.41, 5.74) is 0. The molecule has 8 nitrogen and oxygen atoms in total. The minimum Gasteiger partial charge on any atom is -0.480 e. The Balaban J connectivity index is 2.44. The first kappa shape index (κ1) is 15.2. The SMILES string of the molecule is CN(C)C(=O)CCNC(=O)N1CC(O)C[C@H]1C(=O)O. The van der Waals surface area contributed by atoms with Gasteiger partial charge in [0.2, 0.25) is 5.91 Å². The maximum absolute atomic E-state index is 11.8. The molecule has 0 saturated carbocycles. The van der Waals surface area contributed by atoms with Crippen molar-refractivity contribution in [2.75, 3.05) is 27.2 Å². The summed E-state index contributed by atoms with van der Waals surface area (Å²) in [5, 5.41) is 20.8. The number of aliphatic carboxylic acids is 1. The van der Waals surface area contributed by atoms with Crippen molar-refractivity contribution in [2.24, 2.45) is 0 Å². The van der Waals surface area contributed by atoms with E-state index in [9.17, 15) is 19.5 Å². The van der Waals surface area contributed by atoms with E-state index in [0.717, 1.165) is 4.90 Å². The van der Waals surface area contributed by atoms with E-state index < -0.39 is 24.1 Å². The number of carboxylic acids is 1. The van der Waals surface area contributed by atoms with Crippen LogP contribution in [-0.4, -0.2) is 77.3 Å². The minimum atomic E-state index is -1.14. The molecule has 3 amide bonds. The second-order valence-electron chi connectivity index (χ2n) is 4.67. The molecule has 1 saturated heterocycles. The van der Waals surface area contributed by atoms with Crippen LogP contribution in [0.5, 0.6) is 0 Å². The maximum Gasteiger partial charge on any atom is 0.326 e. The summed E-state index contributed by atoms with van der Waals surface area (Å²) in [5.74, 6) is -1.27. The third-order valence-corrected chi connectivity index (χ3v) is 2.94. The molecule has 0 aromatic rings. The van der Waals surface area contributed by atoms with E-state index in [-0.39, 0.29) is 31.8 Å². The first-order valence-corrected chi connectivity index (χ1v) is 5.98. The predicted molar refractivity (Wildman–Crippen MR) is 65.5 cm³/mol. The van der Waals surface area contributed by atoms with Crippen LogP contribution in [0, 0.1) is 0 Å². The number of likely N-dealkylation sites (tertiary alicyclic amines) is 1. The van der Waals surface area contributed by atoms with Crippen molar-refractivity contribution in [1.29, 1.82) is 0 Å². The maximum atomic E-state index is 11.8. The number of aliphatic hydroxyl groups excluding tert-OH is 1. The zero-order valence-corrected chi connectivity index (χ0v) is 11.0. The Morgan fingerprint density at radius 1 is 1.37 bits per heavy atom. The quantitative estimate of drug-likeness (QED) is 0.589. The minimum absolute atomic E-state index is 0.00950. The number of carbonyl (C=O) groups is 3. The fourth-order valence-electron chi connectivity index (χ4n) is 1.87. The molecule has 1 heterocycles. The van der Waals surface area contributed by atoms with E-state index in [2.05, 4.69) is 5.32 Å². The predicted octanol–water partition coefficient (Wildman–Crippen LogP) is -1.31. The lowest BCUT2D eigenvalue weighted by Crippen LogP contribution is -2.46. The molecule has 1 aliphatic rings. The number of β-amino-alcohol motifs (C(OH)–C–C–N with tert-alkyl or cyclic N) is 1. The molecule has 1 fully saturated rings. The lowest BCUT2D eigenvalue weighted by Gasteiger charge is -2.21. The largest absolute Gasteiger partial charge is 0.480 e. The van der Waals surface area contributed by atoms with Crippen molar-refractivity contribution in [2.45, 2.75) is 25.0 Å². The number of amides is 3. The van der Waals surface area contributed by atoms with Crippen molar-refractivity contribution >= 4 is 17.9 Å². The van der Waals surface area contributed by atoms with Gasteiger partial charge in [-0.2, -0.15) is 0 Å². The van der Waals surface area contributed by atoms with Crippen molar-refractivity contribution in [3.8, 4) is 0 Å². The summed E-state index contributed by atoms with van der Waals surface area (Å²) in [6.07, 6.45) is -0.651. The van der Waals surface area contributed by atoms with Crippen LogP contribution in [0.2, 0.25) is 0 Å². The molecule has 0 radical (unpaired) electrons. The second-order valence-corrected chi connectivity index (χ2v) is 4.67. The van der Waals surface area contributed by atoms with Gasteiger partial charge in [0.05, 0.1) is 6.10 Å². The Labute approximate surface area is 111 Å². The van der Waals surface area contributed by atoms with E-state index in [1.54, 1.807) is 14.1 Å². The molecule has 3 N–H and O–H groups in total. The second kappa shape index (κ2) is 6.37. The first-order chi connectivity index (χ1) is 8.82. The molecule has 0 aromatic carbocycles. The molecule has 8 heteroatoms. The standard InChI is InChI=1S/C11H19N3O5/c1-13(2)9(16)3-4-12-11(19)14-6-7(15)5-8(14)10(17)18/h7-8,15H,3-6H2,1-2H3,(H,12,19)(H,17,18)/t7?,8-/m0/s1. The molecular formula is C11H19N3O5. The summed E-state index contributed by atoms with van der Waals surface area (Å²) in [6, 6.07) is -1.59. The fraction of sp³-hybridized carbons (Fsp3) is 0.727. The van der Waals surface area contributed by atoms with Gasteiger partial charge in [-0.1, -0.05) is 0 Å². The fourth-order valence-corrected chi connectivity index (χ4v) is 1.87. The molecule has 2 atom stereocenters. The van der Waals surface area contributed by atoms with Crippen molar-refractivity contribution in [1.82, 2.24) is 15.1 Å². The summed E-state index contributed by atoms with van der Waals surface area (Å²) in [6.45, 7) is 0.124. The van der Waals surface area contributed by atoms with Gasteiger partial charge in [0.15, 0.2) is 0 Å². The van der Waals surface area contributed by atoms with Gasteiger partial charge >= 0.3 is 12.0 Å². The third-order valence-electron chi connectivity index (χ3n) is 2.94. The van der Waals surface area contributed by atoms with E-state index in [1.165, 1.54) is 4.90 Å². The van der Waals surface area contributed by atoms with Gasteiger partial charge in [-0.25, -0.2) is 9.59 Å². The lowest BCUT2D eigenvalue weighted by atomic mass is 10.2. The van der Waals surface area contributed by atoms with Crippen LogP contribution in [0.25, 0.3) is 0 Å². The normalized spacial score (nSPS) is 22.2. The van der Waals surface area contributed by atoms with Gasteiger partial charge < -0.3 is 25.3 Å². The molecule has 0 aliphatic carbocycles. The molecule has 1 unspecified atom stereocenters. The molecule has 0 spiro atoms. The van der Waals surface area contributed by atoms with Crippen LogP contribution >= 0.6 is 0 Å². The topological polar surface area (TPSA) is 110 Å². The molecule has 0 bridgehead atoms. The first-order valence-electron chi connectivity index (χ1n) is 5.98.